The summed E-state index contributed by atoms with van der Waals surface area (Å²) in [4.78, 5) is 15.4. The van der Waals surface area contributed by atoms with Crippen molar-refractivity contribution in [3.05, 3.63) is 24.3 Å². The molecule has 0 spiro atoms. The smallest absolute Gasteiger partial charge is 0.308 e. The number of para-hydroxylation sites is 2. The van der Waals surface area contributed by atoms with Gasteiger partial charge in [-0.1, -0.05) is 26.0 Å². The van der Waals surface area contributed by atoms with Gasteiger partial charge in [0, 0.05) is 6.54 Å². The number of oxazole rings is 1. The second kappa shape index (κ2) is 5.73. The Kier molecular flexibility index (Phi) is 4.04. The first kappa shape index (κ1) is 13.4. The molecule has 1 atom stereocenters. The van der Waals surface area contributed by atoms with Crippen LogP contribution in [0.15, 0.2) is 28.7 Å². The molecule has 2 N–H and O–H groups in total. The number of hydrogen-bond acceptors (Lipinski definition) is 4. The zero-order valence-electron chi connectivity index (χ0n) is 11.1. The summed E-state index contributed by atoms with van der Waals surface area (Å²) in [6.45, 7) is 4.34. The molecular weight excluding hydrogens is 244 g/mol. The van der Waals surface area contributed by atoms with Crippen LogP contribution in [-0.2, 0) is 4.79 Å². The van der Waals surface area contributed by atoms with Crippen molar-refractivity contribution in [3.63, 3.8) is 0 Å². The first-order valence-electron chi connectivity index (χ1n) is 6.38. The molecule has 1 aromatic heterocycles. The van der Waals surface area contributed by atoms with E-state index in [1.165, 1.54) is 0 Å². The van der Waals surface area contributed by atoms with Gasteiger partial charge < -0.3 is 14.8 Å². The van der Waals surface area contributed by atoms with E-state index in [1.807, 2.05) is 38.1 Å². The molecule has 5 heteroatoms. The van der Waals surface area contributed by atoms with Crippen molar-refractivity contribution in [2.45, 2.75) is 20.3 Å². The summed E-state index contributed by atoms with van der Waals surface area (Å²) < 4.78 is 5.49. The lowest BCUT2D eigenvalue weighted by atomic mass is 9.97. The Labute approximate surface area is 111 Å². The van der Waals surface area contributed by atoms with Gasteiger partial charge in [-0.3, -0.25) is 4.79 Å². The molecule has 0 saturated carbocycles. The zero-order valence-corrected chi connectivity index (χ0v) is 11.1. The van der Waals surface area contributed by atoms with Crippen LogP contribution in [0.1, 0.15) is 20.3 Å². The van der Waals surface area contributed by atoms with Crippen molar-refractivity contribution in [2.75, 3.05) is 11.9 Å². The number of benzene rings is 1. The SMILES string of the molecule is CC(C)CC(CNc1nc2ccccc2o1)C(=O)O. The van der Waals surface area contributed by atoms with Crippen LogP contribution < -0.4 is 5.32 Å². The number of hydrogen-bond donors (Lipinski definition) is 2. The van der Waals surface area contributed by atoms with E-state index in [0.29, 0.717) is 30.5 Å². The molecule has 1 aromatic carbocycles. The van der Waals surface area contributed by atoms with Crippen LogP contribution in [0.3, 0.4) is 0 Å². The Hall–Kier alpha value is -2.04. The van der Waals surface area contributed by atoms with Gasteiger partial charge in [0.1, 0.15) is 5.52 Å². The van der Waals surface area contributed by atoms with E-state index in [0.717, 1.165) is 5.52 Å². The van der Waals surface area contributed by atoms with Crippen LogP contribution >= 0.6 is 0 Å². The van der Waals surface area contributed by atoms with Gasteiger partial charge in [-0.05, 0) is 24.5 Å². The minimum Gasteiger partial charge on any atom is -0.481 e. The summed E-state index contributed by atoms with van der Waals surface area (Å²) in [6, 6.07) is 7.81. The van der Waals surface area contributed by atoms with Crippen molar-refractivity contribution in [3.8, 4) is 0 Å². The molecule has 0 saturated heterocycles. The summed E-state index contributed by atoms with van der Waals surface area (Å²) in [5, 5.41) is 12.1. The summed E-state index contributed by atoms with van der Waals surface area (Å²) in [5.74, 6) is -0.890. The standard InChI is InChI=1S/C14H18N2O3/c1-9(2)7-10(13(17)18)8-15-14-16-11-5-3-4-6-12(11)19-14/h3-6,9-10H,7-8H2,1-2H3,(H,15,16)(H,17,18). The normalized spacial score (nSPS) is 12.8. The third kappa shape index (κ3) is 3.47. The maximum absolute atomic E-state index is 11.1. The van der Waals surface area contributed by atoms with Crippen molar-refractivity contribution < 1.29 is 14.3 Å². The second-order valence-corrected chi connectivity index (χ2v) is 5.03. The molecule has 0 aliphatic heterocycles. The number of carboxylic acids is 1. The number of nitrogens with zero attached hydrogens (tertiary/aromatic N) is 1. The second-order valence-electron chi connectivity index (χ2n) is 5.03. The Morgan fingerprint density at radius 3 is 2.79 bits per heavy atom. The first-order chi connectivity index (χ1) is 9.06. The van der Waals surface area contributed by atoms with Gasteiger partial charge in [0.05, 0.1) is 5.92 Å². The number of carbonyl (C=O) groups is 1. The van der Waals surface area contributed by atoms with Gasteiger partial charge in [0.15, 0.2) is 5.58 Å². The minimum atomic E-state index is -0.794. The monoisotopic (exact) mass is 262 g/mol. The van der Waals surface area contributed by atoms with Crippen LogP contribution in [0.25, 0.3) is 11.1 Å². The van der Waals surface area contributed by atoms with Gasteiger partial charge in [-0.15, -0.1) is 0 Å². The highest BCUT2D eigenvalue weighted by atomic mass is 16.4. The summed E-state index contributed by atoms with van der Waals surface area (Å²) >= 11 is 0. The van der Waals surface area contributed by atoms with Crippen LogP contribution in [0, 0.1) is 11.8 Å². The van der Waals surface area contributed by atoms with Crippen molar-refractivity contribution in [1.29, 1.82) is 0 Å². The molecule has 2 aromatic rings. The average Bonchev–Trinajstić information content (AvgIpc) is 2.76. The molecule has 0 fully saturated rings. The first-order valence-corrected chi connectivity index (χ1v) is 6.38. The molecule has 1 unspecified atom stereocenters. The van der Waals surface area contributed by atoms with E-state index in [9.17, 15) is 4.79 Å². The summed E-state index contributed by atoms with van der Waals surface area (Å²) in [5.41, 5.74) is 1.46. The van der Waals surface area contributed by atoms with Crippen LogP contribution in [0.2, 0.25) is 0 Å². The third-order valence-corrected chi connectivity index (χ3v) is 2.90. The third-order valence-electron chi connectivity index (χ3n) is 2.90. The zero-order chi connectivity index (χ0) is 13.8. The highest BCUT2D eigenvalue weighted by Crippen LogP contribution is 2.19. The van der Waals surface area contributed by atoms with Crippen molar-refractivity contribution in [2.24, 2.45) is 11.8 Å². The lowest BCUT2D eigenvalue weighted by molar-refractivity contribution is -0.141. The molecule has 0 amide bonds. The number of rotatable bonds is 6. The van der Waals surface area contributed by atoms with Crippen molar-refractivity contribution >= 4 is 23.1 Å². The van der Waals surface area contributed by atoms with Gasteiger partial charge in [0.2, 0.25) is 0 Å². The topological polar surface area (TPSA) is 75.4 Å². The van der Waals surface area contributed by atoms with Gasteiger partial charge in [0.25, 0.3) is 6.01 Å². The molecule has 0 aliphatic carbocycles. The van der Waals surface area contributed by atoms with E-state index < -0.39 is 11.9 Å². The Morgan fingerprint density at radius 1 is 1.42 bits per heavy atom. The fourth-order valence-corrected chi connectivity index (χ4v) is 2.00. The lowest BCUT2D eigenvalue weighted by Gasteiger charge is -2.14. The molecule has 0 radical (unpaired) electrons. The van der Waals surface area contributed by atoms with Crippen LogP contribution in [-0.4, -0.2) is 22.6 Å². The Morgan fingerprint density at radius 2 is 2.16 bits per heavy atom. The quantitative estimate of drug-likeness (QED) is 0.837. The van der Waals surface area contributed by atoms with E-state index in [-0.39, 0.29) is 0 Å². The predicted molar refractivity (Wildman–Crippen MR) is 73.1 cm³/mol. The number of fused-ring (bicyclic) bond motifs is 1. The number of aromatic nitrogens is 1. The lowest BCUT2D eigenvalue weighted by Crippen LogP contribution is -2.24. The largest absolute Gasteiger partial charge is 0.481 e. The molecule has 102 valence electrons. The van der Waals surface area contributed by atoms with Crippen molar-refractivity contribution in [1.82, 2.24) is 4.98 Å². The van der Waals surface area contributed by atoms with E-state index in [2.05, 4.69) is 10.3 Å². The highest BCUT2D eigenvalue weighted by molar-refractivity contribution is 5.74. The number of nitrogens with one attached hydrogen (secondary N) is 1. The fraction of sp³-hybridized carbons (Fsp3) is 0.429. The summed E-state index contributed by atoms with van der Waals surface area (Å²) in [6.07, 6.45) is 0.628. The van der Waals surface area contributed by atoms with E-state index in [4.69, 9.17) is 9.52 Å². The highest BCUT2D eigenvalue weighted by Gasteiger charge is 2.19. The van der Waals surface area contributed by atoms with E-state index in [1.54, 1.807) is 0 Å². The van der Waals surface area contributed by atoms with E-state index >= 15 is 0 Å². The number of carboxylic acid groups (broad SMARTS) is 1. The van der Waals surface area contributed by atoms with Gasteiger partial charge in [-0.2, -0.15) is 4.98 Å². The minimum absolute atomic E-state index is 0.320. The Balaban J connectivity index is 2.02. The fourth-order valence-electron chi connectivity index (χ4n) is 2.00. The molecule has 1 heterocycles. The van der Waals surface area contributed by atoms with Crippen LogP contribution in [0.5, 0.6) is 0 Å². The number of anilines is 1. The maximum atomic E-state index is 11.1. The molecular formula is C14H18N2O3. The van der Waals surface area contributed by atoms with Gasteiger partial charge >= 0.3 is 5.97 Å². The van der Waals surface area contributed by atoms with Crippen LogP contribution in [0.4, 0.5) is 6.01 Å². The Bertz CT molecular complexity index is 530. The predicted octanol–water partition coefficient (Wildman–Crippen LogP) is 2.99. The number of aliphatic carboxylic acids is 1. The summed E-state index contributed by atoms with van der Waals surface area (Å²) in [7, 11) is 0. The molecule has 5 nitrogen and oxygen atoms in total. The average molecular weight is 262 g/mol. The molecule has 2 rings (SSSR count). The molecule has 0 bridgehead atoms. The molecule has 0 aliphatic rings. The molecule has 19 heavy (non-hydrogen) atoms. The van der Waals surface area contributed by atoms with Gasteiger partial charge in [-0.25, -0.2) is 0 Å². The maximum Gasteiger partial charge on any atom is 0.308 e.